The molecule has 0 radical (unpaired) electrons. The number of hydrogen-bond acceptors (Lipinski definition) is 3. The topological polar surface area (TPSA) is 42.0 Å². The Kier molecular flexibility index (Phi) is 4.51. The van der Waals surface area contributed by atoms with Crippen LogP contribution in [0.25, 0.3) is 11.1 Å². The lowest BCUT2D eigenvalue weighted by atomic mass is 9.87. The highest BCUT2D eigenvalue weighted by Gasteiger charge is 2.18. The highest BCUT2D eigenvalue weighted by atomic mass is 16.1. The van der Waals surface area contributed by atoms with Crippen LogP contribution in [0.3, 0.4) is 0 Å². The maximum atomic E-state index is 11.4. The molecule has 20 heavy (non-hydrogen) atoms. The fourth-order valence-corrected chi connectivity index (χ4v) is 2.38. The van der Waals surface area contributed by atoms with Crippen LogP contribution in [0.15, 0.2) is 42.7 Å². The zero-order valence-electron chi connectivity index (χ0n) is 12.1. The molecule has 0 spiro atoms. The van der Waals surface area contributed by atoms with Gasteiger partial charge in [-0.25, -0.2) is 0 Å². The van der Waals surface area contributed by atoms with Crippen LogP contribution in [-0.2, 0) is 4.79 Å². The molecule has 1 unspecified atom stereocenters. The Labute approximate surface area is 120 Å². The Bertz CT molecular complexity index is 579. The summed E-state index contributed by atoms with van der Waals surface area (Å²) in [5.74, 6) is 0.173. The molecule has 0 aliphatic rings. The molecule has 104 valence electrons. The van der Waals surface area contributed by atoms with Gasteiger partial charge in [0.15, 0.2) is 0 Å². The van der Waals surface area contributed by atoms with Gasteiger partial charge in [0.25, 0.3) is 0 Å². The summed E-state index contributed by atoms with van der Waals surface area (Å²) >= 11 is 0. The summed E-state index contributed by atoms with van der Waals surface area (Å²) < 4.78 is 0. The van der Waals surface area contributed by atoms with Gasteiger partial charge >= 0.3 is 0 Å². The van der Waals surface area contributed by atoms with Crippen LogP contribution in [0.1, 0.15) is 25.3 Å². The number of aromatic nitrogens is 1. The number of aldehydes is 1. The van der Waals surface area contributed by atoms with Gasteiger partial charge in [0.1, 0.15) is 6.29 Å². The normalized spacial score (nSPS) is 12.2. The van der Waals surface area contributed by atoms with Crippen LogP contribution < -0.4 is 5.32 Å². The van der Waals surface area contributed by atoms with E-state index >= 15 is 0 Å². The van der Waals surface area contributed by atoms with E-state index in [1.807, 2.05) is 25.2 Å². The summed E-state index contributed by atoms with van der Waals surface area (Å²) in [5.41, 5.74) is 4.27. The van der Waals surface area contributed by atoms with Crippen molar-refractivity contribution >= 4 is 12.0 Å². The summed E-state index contributed by atoms with van der Waals surface area (Å²) in [5, 5.41) is 3.17. The Balaban J connectivity index is 2.52. The Morgan fingerprint density at radius 2 is 1.80 bits per heavy atom. The third kappa shape index (κ3) is 2.87. The molecule has 0 saturated carbocycles. The summed E-state index contributed by atoms with van der Waals surface area (Å²) in [4.78, 5) is 15.5. The number of nitrogens with zero attached hydrogens (tertiary/aromatic N) is 1. The van der Waals surface area contributed by atoms with Crippen molar-refractivity contribution in [2.24, 2.45) is 5.92 Å². The molecular weight excluding hydrogens is 248 g/mol. The molecule has 2 rings (SSSR count). The van der Waals surface area contributed by atoms with Crippen molar-refractivity contribution in [2.75, 3.05) is 12.4 Å². The fraction of sp³-hybridized carbons (Fsp3) is 0.294. The van der Waals surface area contributed by atoms with Crippen molar-refractivity contribution in [1.29, 1.82) is 0 Å². The van der Waals surface area contributed by atoms with Gasteiger partial charge in [-0.3, -0.25) is 4.98 Å². The zero-order chi connectivity index (χ0) is 14.5. The Morgan fingerprint density at radius 1 is 1.10 bits per heavy atom. The van der Waals surface area contributed by atoms with Gasteiger partial charge in [0.05, 0.1) is 0 Å². The second-order valence-corrected chi connectivity index (χ2v) is 5.19. The average molecular weight is 268 g/mol. The Hall–Kier alpha value is -2.16. The molecule has 0 saturated heterocycles. The lowest BCUT2D eigenvalue weighted by Crippen LogP contribution is -2.10. The molecule has 1 heterocycles. The first kappa shape index (κ1) is 14.3. The van der Waals surface area contributed by atoms with Gasteiger partial charge in [-0.2, -0.15) is 0 Å². The predicted octanol–water partition coefficient (Wildman–Crippen LogP) is 3.73. The van der Waals surface area contributed by atoms with Crippen molar-refractivity contribution < 1.29 is 4.79 Å². The molecule has 1 atom stereocenters. The van der Waals surface area contributed by atoms with E-state index in [0.29, 0.717) is 0 Å². The molecule has 0 bridgehead atoms. The van der Waals surface area contributed by atoms with Crippen LogP contribution in [0.2, 0.25) is 0 Å². The molecule has 1 aromatic carbocycles. The highest BCUT2D eigenvalue weighted by molar-refractivity contribution is 5.74. The van der Waals surface area contributed by atoms with Crippen LogP contribution >= 0.6 is 0 Å². The van der Waals surface area contributed by atoms with E-state index < -0.39 is 0 Å². The monoisotopic (exact) mass is 268 g/mol. The van der Waals surface area contributed by atoms with Crippen LogP contribution in [0.5, 0.6) is 0 Å². The van der Waals surface area contributed by atoms with E-state index in [1.54, 1.807) is 12.4 Å². The zero-order valence-corrected chi connectivity index (χ0v) is 12.1. The summed E-state index contributed by atoms with van der Waals surface area (Å²) in [6.45, 7) is 4.13. The van der Waals surface area contributed by atoms with E-state index in [0.717, 1.165) is 28.7 Å². The first-order valence-electron chi connectivity index (χ1n) is 6.84. The smallest absolute Gasteiger partial charge is 0.127 e. The standard InChI is InChI=1S/C17H20N2O/c1-12(2)16(11-20)15-10-14(4-5-17(15)18-3)13-6-8-19-9-7-13/h4-12,16,18H,1-3H3. The Morgan fingerprint density at radius 3 is 2.35 bits per heavy atom. The minimum Gasteiger partial charge on any atom is -0.388 e. The quantitative estimate of drug-likeness (QED) is 0.840. The molecule has 0 aliphatic carbocycles. The van der Waals surface area contributed by atoms with E-state index in [2.05, 4.69) is 36.3 Å². The molecule has 1 aromatic heterocycles. The van der Waals surface area contributed by atoms with Gasteiger partial charge in [-0.05, 0) is 46.9 Å². The number of rotatable bonds is 5. The lowest BCUT2D eigenvalue weighted by Gasteiger charge is -2.19. The summed E-state index contributed by atoms with van der Waals surface area (Å²) in [6.07, 6.45) is 4.60. The van der Waals surface area contributed by atoms with Crippen LogP contribution in [-0.4, -0.2) is 18.3 Å². The molecule has 3 nitrogen and oxygen atoms in total. The third-order valence-electron chi connectivity index (χ3n) is 3.56. The second-order valence-electron chi connectivity index (χ2n) is 5.19. The van der Waals surface area contributed by atoms with Crippen molar-refractivity contribution in [2.45, 2.75) is 19.8 Å². The van der Waals surface area contributed by atoms with Crippen molar-refractivity contribution in [1.82, 2.24) is 4.98 Å². The predicted molar refractivity (Wildman–Crippen MR) is 82.9 cm³/mol. The second kappa shape index (κ2) is 6.33. The van der Waals surface area contributed by atoms with E-state index in [9.17, 15) is 4.79 Å². The first-order chi connectivity index (χ1) is 9.67. The van der Waals surface area contributed by atoms with Crippen LogP contribution in [0, 0.1) is 5.92 Å². The number of carbonyl (C=O) groups is 1. The highest BCUT2D eigenvalue weighted by Crippen LogP contribution is 2.32. The molecule has 0 fully saturated rings. The van der Waals surface area contributed by atoms with Gasteiger partial charge in [0, 0.05) is 31.0 Å². The van der Waals surface area contributed by atoms with Gasteiger partial charge < -0.3 is 10.1 Å². The minimum atomic E-state index is -0.0979. The summed E-state index contributed by atoms with van der Waals surface area (Å²) in [7, 11) is 1.88. The van der Waals surface area contributed by atoms with E-state index in [4.69, 9.17) is 0 Å². The SMILES string of the molecule is CNc1ccc(-c2ccncc2)cc1C(C=O)C(C)C. The van der Waals surface area contributed by atoms with Gasteiger partial charge in [0.2, 0.25) is 0 Å². The maximum Gasteiger partial charge on any atom is 0.127 e. The largest absolute Gasteiger partial charge is 0.388 e. The van der Waals surface area contributed by atoms with E-state index in [1.165, 1.54) is 0 Å². The summed E-state index contributed by atoms with van der Waals surface area (Å²) in [6, 6.07) is 10.1. The average Bonchev–Trinajstić information content (AvgIpc) is 2.48. The first-order valence-corrected chi connectivity index (χ1v) is 6.84. The number of anilines is 1. The number of benzene rings is 1. The molecule has 3 heteroatoms. The molecule has 0 aliphatic heterocycles. The number of hydrogen-bond donors (Lipinski definition) is 1. The number of nitrogens with one attached hydrogen (secondary N) is 1. The number of carbonyl (C=O) groups excluding carboxylic acids is 1. The lowest BCUT2D eigenvalue weighted by molar-refractivity contribution is -0.109. The minimum absolute atomic E-state index is 0.0979. The molecule has 1 N–H and O–H groups in total. The molecule has 2 aromatic rings. The van der Waals surface area contributed by atoms with Gasteiger partial charge in [-0.1, -0.05) is 19.9 Å². The fourth-order valence-electron chi connectivity index (χ4n) is 2.38. The third-order valence-corrected chi connectivity index (χ3v) is 3.56. The van der Waals surface area contributed by atoms with Crippen molar-refractivity contribution in [3.63, 3.8) is 0 Å². The molecule has 0 amide bonds. The van der Waals surface area contributed by atoms with E-state index in [-0.39, 0.29) is 11.8 Å². The maximum absolute atomic E-state index is 11.4. The van der Waals surface area contributed by atoms with Gasteiger partial charge in [-0.15, -0.1) is 0 Å². The molecular formula is C17H20N2O. The van der Waals surface area contributed by atoms with Crippen LogP contribution in [0.4, 0.5) is 5.69 Å². The van der Waals surface area contributed by atoms with Crippen molar-refractivity contribution in [3.8, 4) is 11.1 Å². The van der Waals surface area contributed by atoms with Crippen molar-refractivity contribution in [3.05, 3.63) is 48.3 Å². The number of pyridine rings is 1.